The molecule has 2 amide bonds. The van der Waals surface area contributed by atoms with Gasteiger partial charge in [0.05, 0.1) is 5.52 Å². The molecule has 1 aromatic carbocycles. The Bertz CT molecular complexity index is 1010. The van der Waals surface area contributed by atoms with Gasteiger partial charge >= 0.3 is 0 Å². The number of carbonyl (C=O) groups is 2. The molecule has 28 heavy (non-hydrogen) atoms. The molecule has 6 heteroatoms. The lowest BCUT2D eigenvalue weighted by Gasteiger charge is -2.08. The van der Waals surface area contributed by atoms with Crippen molar-refractivity contribution in [3.8, 4) is 0 Å². The van der Waals surface area contributed by atoms with E-state index in [1.54, 1.807) is 16.7 Å². The van der Waals surface area contributed by atoms with Gasteiger partial charge in [0.2, 0.25) is 5.82 Å². The second-order valence-corrected chi connectivity index (χ2v) is 6.98. The third-order valence-corrected chi connectivity index (χ3v) is 4.66. The van der Waals surface area contributed by atoms with E-state index in [0.29, 0.717) is 12.1 Å². The Labute approximate surface area is 165 Å². The Balaban J connectivity index is 1.87. The van der Waals surface area contributed by atoms with Crippen molar-refractivity contribution >= 4 is 23.0 Å². The Hall–Kier alpha value is -3.15. The summed E-state index contributed by atoms with van der Waals surface area (Å²) in [4.78, 5) is 29.8. The normalized spacial score (nSPS) is 10.8. The smallest absolute Gasteiger partial charge is 0.287 e. The van der Waals surface area contributed by atoms with Crippen molar-refractivity contribution in [2.45, 2.75) is 40.0 Å². The first-order valence-electron chi connectivity index (χ1n) is 9.65. The van der Waals surface area contributed by atoms with E-state index in [4.69, 9.17) is 0 Å². The number of imidazole rings is 1. The molecule has 0 fully saturated rings. The van der Waals surface area contributed by atoms with Crippen molar-refractivity contribution in [2.24, 2.45) is 0 Å². The second kappa shape index (κ2) is 8.69. The van der Waals surface area contributed by atoms with Crippen LogP contribution < -0.4 is 10.6 Å². The van der Waals surface area contributed by atoms with Crippen LogP contribution in [0.4, 0.5) is 5.69 Å². The number of rotatable bonds is 7. The second-order valence-electron chi connectivity index (χ2n) is 6.98. The Kier molecular flexibility index (Phi) is 6.09. The zero-order valence-corrected chi connectivity index (χ0v) is 16.6. The maximum Gasteiger partial charge on any atom is 0.287 e. The van der Waals surface area contributed by atoms with Gasteiger partial charge in [-0.05, 0) is 44.0 Å². The highest BCUT2D eigenvalue weighted by molar-refractivity contribution is 6.09. The predicted molar refractivity (Wildman–Crippen MR) is 111 cm³/mol. The number of fused-ring (bicyclic) bond motifs is 1. The molecule has 2 aromatic heterocycles. The van der Waals surface area contributed by atoms with Crippen LogP contribution in [0.5, 0.6) is 0 Å². The molecular formula is C22H26N4O2. The summed E-state index contributed by atoms with van der Waals surface area (Å²) in [5.41, 5.74) is 3.68. The molecule has 0 saturated carbocycles. The summed E-state index contributed by atoms with van der Waals surface area (Å²) in [6.07, 6.45) is 4.82. The minimum absolute atomic E-state index is 0.220. The van der Waals surface area contributed by atoms with Crippen molar-refractivity contribution in [1.82, 2.24) is 14.7 Å². The van der Waals surface area contributed by atoms with Gasteiger partial charge in [-0.25, -0.2) is 4.98 Å². The molecule has 0 unspecified atom stereocenters. The van der Waals surface area contributed by atoms with Crippen LogP contribution in [0.2, 0.25) is 0 Å². The van der Waals surface area contributed by atoms with Gasteiger partial charge < -0.3 is 10.6 Å². The van der Waals surface area contributed by atoms with Gasteiger partial charge in [-0.15, -0.1) is 0 Å². The van der Waals surface area contributed by atoms with Gasteiger partial charge in [-0.2, -0.15) is 0 Å². The number of pyridine rings is 1. The highest BCUT2D eigenvalue weighted by Crippen LogP contribution is 2.19. The first-order chi connectivity index (χ1) is 13.5. The van der Waals surface area contributed by atoms with Gasteiger partial charge in [-0.3, -0.25) is 14.0 Å². The van der Waals surface area contributed by atoms with Gasteiger partial charge in [0.25, 0.3) is 11.8 Å². The minimum Gasteiger partial charge on any atom is -0.349 e. The van der Waals surface area contributed by atoms with Crippen LogP contribution in [0.3, 0.4) is 0 Å². The van der Waals surface area contributed by atoms with E-state index in [-0.39, 0.29) is 23.3 Å². The van der Waals surface area contributed by atoms with Crippen LogP contribution in [-0.2, 0) is 0 Å². The van der Waals surface area contributed by atoms with Gasteiger partial charge in [0.15, 0.2) is 5.69 Å². The number of hydrogen-bond donors (Lipinski definition) is 2. The monoisotopic (exact) mass is 378 g/mol. The Morgan fingerprint density at radius 1 is 1.07 bits per heavy atom. The number of benzene rings is 1. The lowest BCUT2D eigenvalue weighted by atomic mass is 10.1. The van der Waals surface area contributed by atoms with Crippen LogP contribution in [0.25, 0.3) is 5.52 Å². The molecule has 0 aliphatic carbocycles. The first kappa shape index (κ1) is 19.6. The number of hydrogen-bond acceptors (Lipinski definition) is 3. The van der Waals surface area contributed by atoms with Crippen LogP contribution in [-0.4, -0.2) is 27.7 Å². The van der Waals surface area contributed by atoms with E-state index in [0.717, 1.165) is 36.1 Å². The highest BCUT2D eigenvalue weighted by Gasteiger charge is 2.21. The largest absolute Gasteiger partial charge is 0.349 e. The molecular weight excluding hydrogens is 352 g/mol. The van der Waals surface area contributed by atoms with E-state index in [9.17, 15) is 9.59 Å². The number of aryl methyl sites for hydroxylation is 2. The summed E-state index contributed by atoms with van der Waals surface area (Å²) in [5.74, 6) is -0.388. The van der Waals surface area contributed by atoms with E-state index < -0.39 is 0 Å². The van der Waals surface area contributed by atoms with Crippen LogP contribution >= 0.6 is 0 Å². The van der Waals surface area contributed by atoms with Crippen molar-refractivity contribution in [1.29, 1.82) is 0 Å². The first-order valence-corrected chi connectivity index (χ1v) is 9.65. The molecule has 0 spiro atoms. The fourth-order valence-corrected chi connectivity index (χ4v) is 3.16. The summed E-state index contributed by atoms with van der Waals surface area (Å²) >= 11 is 0. The quantitative estimate of drug-likeness (QED) is 0.607. The predicted octanol–water partition coefficient (Wildman–Crippen LogP) is 4.12. The SMILES string of the molecule is CCCCCNC(=O)c1nc(C(=O)Nc2ccc(C)cc2C)c2ccccn12. The highest BCUT2D eigenvalue weighted by atomic mass is 16.2. The number of unbranched alkanes of at least 4 members (excludes halogenated alkanes) is 2. The number of nitrogens with one attached hydrogen (secondary N) is 2. The maximum atomic E-state index is 12.9. The molecule has 0 bridgehead atoms. The summed E-state index contributed by atoms with van der Waals surface area (Å²) < 4.78 is 1.66. The third kappa shape index (κ3) is 4.22. The van der Waals surface area contributed by atoms with Gasteiger partial charge in [0, 0.05) is 18.4 Å². The average Bonchev–Trinajstić information content (AvgIpc) is 3.07. The molecule has 2 N–H and O–H groups in total. The minimum atomic E-state index is -0.333. The van der Waals surface area contributed by atoms with E-state index >= 15 is 0 Å². The molecule has 3 aromatic rings. The van der Waals surface area contributed by atoms with Gasteiger partial charge in [-0.1, -0.05) is 43.5 Å². The zero-order chi connectivity index (χ0) is 20.1. The van der Waals surface area contributed by atoms with Crippen LogP contribution in [0.15, 0.2) is 42.6 Å². The standard InChI is InChI=1S/C22H26N4O2/c1-4-5-7-12-23-22(28)20-25-19(18-9-6-8-13-26(18)20)21(27)24-17-11-10-15(2)14-16(17)3/h6,8-11,13-14H,4-5,7,12H2,1-3H3,(H,23,28)(H,24,27). The Morgan fingerprint density at radius 3 is 2.64 bits per heavy atom. The molecule has 6 nitrogen and oxygen atoms in total. The molecule has 0 saturated heterocycles. The molecule has 0 atom stereocenters. The lowest BCUT2D eigenvalue weighted by Crippen LogP contribution is -2.26. The Morgan fingerprint density at radius 2 is 1.89 bits per heavy atom. The van der Waals surface area contributed by atoms with Crippen LogP contribution in [0.1, 0.15) is 58.4 Å². The van der Waals surface area contributed by atoms with Crippen molar-refractivity contribution in [2.75, 3.05) is 11.9 Å². The number of aromatic nitrogens is 2. The summed E-state index contributed by atoms with van der Waals surface area (Å²) in [6.45, 7) is 6.67. The average molecular weight is 378 g/mol. The molecule has 0 aliphatic rings. The summed E-state index contributed by atoms with van der Waals surface area (Å²) in [5, 5.41) is 5.80. The van der Waals surface area contributed by atoms with E-state index in [1.165, 1.54) is 0 Å². The lowest BCUT2D eigenvalue weighted by molar-refractivity contribution is 0.0942. The van der Waals surface area contributed by atoms with Crippen molar-refractivity contribution < 1.29 is 9.59 Å². The number of amides is 2. The molecule has 0 aliphatic heterocycles. The molecule has 2 heterocycles. The summed E-state index contributed by atoms with van der Waals surface area (Å²) in [6, 6.07) is 11.3. The molecule has 3 rings (SSSR count). The maximum absolute atomic E-state index is 12.9. The molecule has 0 radical (unpaired) electrons. The van der Waals surface area contributed by atoms with Crippen LogP contribution in [0, 0.1) is 13.8 Å². The summed E-state index contributed by atoms with van der Waals surface area (Å²) in [7, 11) is 0. The number of carbonyl (C=O) groups excluding carboxylic acids is 2. The topological polar surface area (TPSA) is 75.5 Å². The third-order valence-electron chi connectivity index (χ3n) is 4.66. The van der Waals surface area contributed by atoms with Gasteiger partial charge in [0.1, 0.15) is 0 Å². The van der Waals surface area contributed by atoms with E-state index in [2.05, 4.69) is 22.5 Å². The van der Waals surface area contributed by atoms with E-state index in [1.807, 2.05) is 44.2 Å². The van der Waals surface area contributed by atoms with Crippen molar-refractivity contribution in [3.05, 3.63) is 65.2 Å². The fourth-order valence-electron chi connectivity index (χ4n) is 3.16. The fraction of sp³-hybridized carbons (Fsp3) is 0.318. The zero-order valence-electron chi connectivity index (χ0n) is 16.6. The number of anilines is 1. The van der Waals surface area contributed by atoms with Crippen molar-refractivity contribution in [3.63, 3.8) is 0 Å². The number of nitrogens with zero attached hydrogens (tertiary/aromatic N) is 2. The molecule has 146 valence electrons.